The first-order valence-electron chi connectivity index (χ1n) is 7.32. The monoisotopic (exact) mass is 260 g/mol. The summed E-state index contributed by atoms with van der Waals surface area (Å²) in [4.78, 5) is 12.3. The van der Waals surface area contributed by atoms with Gasteiger partial charge in [0.25, 0.3) is 0 Å². The van der Waals surface area contributed by atoms with Gasteiger partial charge in [0.2, 0.25) is 0 Å². The molecule has 0 saturated heterocycles. The molecule has 1 aromatic carbocycles. The second kappa shape index (κ2) is 5.77. The summed E-state index contributed by atoms with van der Waals surface area (Å²) in [6.45, 7) is 6.58. The van der Waals surface area contributed by atoms with Crippen molar-refractivity contribution in [1.82, 2.24) is 0 Å². The van der Waals surface area contributed by atoms with Crippen LogP contribution in [0.2, 0.25) is 0 Å². The molecule has 0 N–H and O–H groups in total. The number of ether oxygens (including phenoxy) is 1. The molecule has 0 heterocycles. The molecule has 0 bridgehead atoms. The normalized spacial score (nSPS) is 27.3. The molecule has 1 fully saturated rings. The molecule has 1 aliphatic rings. The number of carbonyl (C=O) groups excluding carboxylic acids is 1. The van der Waals surface area contributed by atoms with E-state index in [9.17, 15) is 4.79 Å². The van der Waals surface area contributed by atoms with Crippen molar-refractivity contribution < 1.29 is 9.53 Å². The fraction of sp³-hybridized carbons (Fsp3) is 0.588. The lowest BCUT2D eigenvalue weighted by atomic mass is 9.73. The van der Waals surface area contributed by atoms with Crippen LogP contribution < -0.4 is 0 Å². The molecule has 104 valence electrons. The van der Waals surface area contributed by atoms with Crippen molar-refractivity contribution in [3.63, 3.8) is 0 Å². The van der Waals surface area contributed by atoms with Gasteiger partial charge in [-0.25, -0.2) is 4.79 Å². The smallest absolute Gasteiger partial charge is 0.338 e. The number of hydrogen-bond donors (Lipinski definition) is 0. The number of benzene rings is 1. The van der Waals surface area contributed by atoms with Crippen molar-refractivity contribution in [3.05, 3.63) is 35.9 Å². The molecular weight excluding hydrogens is 236 g/mol. The summed E-state index contributed by atoms with van der Waals surface area (Å²) < 4.78 is 5.96. The predicted molar refractivity (Wildman–Crippen MR) is 77.1 cm³/mol. The second-order valence-electron chi connectivity index (χ2n) is 6.18. The number of carbonyl (C=O) groups is 1. The van der Waals surface area contributed by atoms with Crippen molar-refractivity contribution >= 4 is 5.97 Å². The summed E-state index contributed by atoms with van der Waals surface area (Å²) in [5, 5.41) is 0. The third-order valence-electron chi connectivity index (χ3n) is 4.35. The van der Waals surface area contributed by atoms with Gasteiger partial charge in [0.15, 0.2) is 0 Å². The summed E-state index contributed by atoms with van der Waals surface area (Å²) in [5.74, 6) is 0.825. The van der Waals surface area contributed by atoms with Crippen molar-refractivity contribution in [1.29, 1.82) is 0 Å². The molecule has 2 unspecified atom stereocenters. The molecule has 19 heavy (non-hydrogen) atoms. The van der Waals surface area contributed by atoms with Gasteiger partial charge in [0.05, 0.1) is 5.56 Å². The molecule has 1 aliphatic carbocycles. The van der Waals surface area contributed by atoms with E-state index in [1.54, 1.807) is 0 Å². The first-order chi connectivity index (χ1) is 9.03. The average molecular weight is 260 g/mol. The Labute approximate surface area is 116 Å². The van der Waals surface area contributed by atoms with E-state index in [2.05, 4.69) is 20.8 Å². The highest BCUT2D eigenvalue weighted by Crippen LogP contribution is 2.40. The molecule has 1 saturated carbocycles. The van der Waals surface area contributed by atoms with Crippen LogP contribution in [0.25, 0.3) is 0 Å². The van der Waals surface area contributed by atoms with Gasteiger partial charge < -0.3 is 4.74 Å². The lowest BCUT2D eigenvalue weighted by Gasteiger charge is -2.42. The third-order valence-corrected chi connectivity index (χ3v) is 4.35. The van der Waals surface area contributed by atoms with E-state index in [-0.39, 0.29) is 11.6 Å². The van der Waals surface area contributed by atoms with Gasteiger partial charge in [-0.05, 0) is 43.2 Å². The maximum atomic E-state index is 12.3. The van der Waals surface area contributed by atoms with Crippen LogP contribution in [0.5, 0.6) is 0 Å². The molecule has 0 amide bonds. The number of hydrogen-bond acceptors (Lipinski definition) is 2. The Morgan fingerprint density at radius 3 is 2.58 bits per heavy atom. The van der Waals surface area contributed by atoms with Crippen LogP contribution in [0.1, 0.15) is 56.8 Å². The average Bonchev–Trinajstić information content (AvgIpc) is 2.39. The molecule has 0 spiro atoms. The Balaban J connectivity index is 2.15. The summed E-state index contributed by atoms with van der Waals surface area (Å²) in [5.41, 5.74) is 0.380. The quantitative estimate of drug-likeness (QED) is 0.751. The molecule has 2 rings (SSSR count). The zero-order valence-corrected chi connectivity index (χ0v) is 12.2. The fourth-order valence-electron chi connectivity index (χ4n) is 3.10. The SMILES string of the molecule is CC1CCCC(OC(=O)c2ccccc2)(C(C)C)C1. The lowest BCUT2D eigenvalue weighted by Crippen LogP contribution is -2.44. The largest absolute Gasteiger partial charge is 0.455 e. The molecule has 0 aromatic heterocycles. The summed E-state index contributed by atoms with van der Waals surface area (Å²) >= 11 is 0. The van der Waals surface area contributed by atoms with Crippen LogP contribution >= 0.6 is 0 Å². The van der Waals surface area contributed by atoms with Crippen molar-refractivity contribution in [2.45, 2.75) is 52.1 Å². The van der Waals surface area contributed by atoms with Crippen LogP contribution in [-0.2, 0) is 4.74 Å². The van der Waals surface area contributed by atoms with Crippen LogP contribution in [0.3, 0.4) is 0 Å². The highest BCUT2D eigenvalue weighted by Gasteiger charge is 2.41. The van der Waals surface area contributed by atoms with E-state index in [0.29, 0.717) is 17.4 Å². The number of esters is 1. The van der Waals surface area contributed by atoms with Gasteiger partial charge in [-0.2, -0.15) is 0 Å². The van der Waals surface area contributed by atoms with Crippen molar-refractivity contribution in [3.8, 4) is 0 Å². The molecule has 1 aromatic rings. The summed E-state index contributed by atoms with van der Waals surface area (Å²) in [6.07, 6.45) is 4.38. The lowest BCUT2D eigenvalue weighted by molar-refractivity contribution is -0.0743. The Morgan fingerprint density at radius 2 is 2.00 bits per heavy atom. The summed E-state index contributed by atoms with van der Waals surface area (Å²) in [6, 6.07) is 9.31. The Bertz CT molecular complexity index is 424. The highest BCUT2D eigenvalue weighted by atomic mass is 16.6. The van der Waals surface area contributed by atoms with E-state index in [4.69, 9.17) is 4.74 Å². The zero-order valence-electron chi connectivity index (χ0n) is 12.2. The molecule has 2 nitrogen and oxygen atoms in total. The maximum Gasteiger partial charge on any atom is 0.338 e. The maximum absolute atomic E-state index is 12.3. The van der Waals surface area contributed by atoms with Crippen LogP contribution in [0.4, 0.5) is 0 Å². The van der Waals surface area contributed by atoms with Crippen LogP contribution in [0.15, 0.2) is 30.3 Å². The third kappa shape index (κ3) is 3.17. The fourth-order valence-corrected chi connectivity index (χ4v) is 3.10. The van der Waals surface area contributed by atoms with Gasteiger partial charge >= 0.3 is 5.97 Å². The molecule has 2 atom stereocenters. The van der Waals surface area contributed by atoms with E-state index in [0.717, 1.165) is 19.3 Å². The first kappa shape index (κ1) is 14.1. The van der Waals surface area contributed by atoms with Gasteiger partial charge in [0, 0.05) is 0 Å². The van der Waals surface area contributed by atoms with Crippen molar-refractivity contribution in [2.24, 2.45) is 11.8 Å². The van der Waals surface area contributed by atoms with E-state index in [1.165, 1.54) is 6.42 Å². The Hall–Kier alpha value is -1.31. The minimum absolute atomic E-state index is 0.177. The molecule has 2 heteroatoms. The Kier molecular flexibility index (Phi) is 4.28. The standard InChI is InChI=1S/C17H24O2/c1-13(2)17(11-7-8-14(3)12-17)19-16(18)15-9-5-4-6-10-15/h4-6,9-10,13-14H,7-8,11-12H2,1-3H3. The molecular formula is C17H24O2. The van der Waals surface area contributed by atoms with Gasteiger partial charge in [0.1, 0.15) is 5.60 Å². The van der Waals surface area contributed by atoms with Crippen LogP contribution in [-0.4, -0.2) is 11.6 Å². The summed E-state index contributed by atoms with van der Waals surface area (Å²) in [7, 11) is 0. The Morgan fingerprint density at radius 1 is 1.32 bits per heavy atom. The topological polar surface area (TPSA) is 26.3 Å². The van der Waals surface area contributed by atoms with Gasteiger partial charge in [-0.1, -0.05) is 45.4 Å². The zero-order chi connectivity index (χ0) is 13.9. The minimum Gasteiger partial charge on any atom is -0.455 e. The van der Waals surface area contributed by atoms with Gasteiger partial charge in [-0.15, -0.1) is 0 Å². The number of rotatable bonds is 3. The highest BCUT2D eigenvalue weighted by molar-refractivity contribution is 5.89. The van der Waals surface area contributed by atoms with Crippen molar-refractivity contribution in [2.75, 3.05) is 0 Å². The predicted octanol–water partition coefficient (Wildman–Crippen LogP) is 4.45. The molecule has 0 radical (unpaired) electrons. The van der Waals surface area contributed by atoms with Gasteiger partial charge in [-0.3, -0.25) is 0 Å². The van der Waals surface area contributed by atoms with E-state index < -0.39 is 0 Å². The first-order valence-corrected chi connectivity index (χ1v) is 7.32. The second-order valence-corrected chi connectivity index (χ2v) is 6.18. The van der Waals surface area contributed by atoms with E-state index in [1.807, 2.05) is 30.3 Å². The van der Waals surface area contributed by atoms with Crippen LogP contribution in [0, 0.1) is 11.8 Å². The minimum atomic E-state index is -0.273. The van der Waals surface area contributed by atoms with E-state index >= 15 is 0 Å². The molecule has 0 aliphatic heterocycles.